The van der Waals surface area contributed by atoms with Crippen molar-refractivity contribution in [1.29, 1.82) is 0 Å². The zero-order valence-electron chi connectivity index (χ0n) is 22.3. The summed E-state index contributed by atoms with van der Waals surface area (Å²) >= 11 is 12.3. The van der Waals surface area contributed by atoms with Gasteiger partial charge < -0.3 is 10.2 Å². The Kier molecular flexibility index (Phi) is 11.4. The molecule has 11 heteroatoms. The van der Waals surface area contributed by atoms with Crippen LogP contribution in [0.25, 0.3) is 0 Å². The molecule has 0 heterocycles. The van der Waals surface area contributed by atoms with E-state index in [4.69, 9.17) is 23.2 Å². The summed E-state index contributed by atoms with van der Waals surface area (Å²) in [6, 6.07) is 18.0. The molecule has 0 aliphatic carbocycles. The molecule has 3 rings (SSSR count). The van der Waals surface area contributed by atoms with Gasteiger partial charge in [-0.15, -0.1) is 0 Å². The Bertz CT molecular complexity index is 1410. The van der Waals surface area contributed by atoms with Gasteiger partial charge in [-0.2, -0.15) is 0 Å². The molecule has 3 aromatic rings. The van der Waals surface area contributed by atoms with E-state index >= 15 is 0 Å². The van der Waals surface area contributed by atoms with E-state index in [9.17, 15) is 22.4 Å². The number of unbranched alkanes of at least 4 members (excludes halogenated alkanes) is 1. The molecule has 0 aliphatic heterocycles. The molecule has 1 N–H and O–H groups in total. The van der Waals surface area contributed by atoms with Gasteiger partial charge in [0.25, 0.3) is 0 Å². The zero-order chi connectivity index (χ0) is 29.3. The molecule has 214 valence electrons. The maximum absolute atomic E-state index is 14.0. The lowest BCUT2D eigenvalue weighted by Gasteiger charge is -2.33. The van der Waals surface area contributed by atoms with Crippen LogP contribution in [-0.4, -0.2) is 50.5 Å². The maximum Gasteiger partial charge on any atom is 0.244 e. The zero-order valence-corrected chi connectivity index (χ0v) is 24.6. The van der Waals surface area contributed by atoms with Gasteiger partial charge in [-0.3, -0.25) is 13.9 Å². The number of rotatable bonds is 13. The van der Waals surface area contributed by atoms with Gasteiger partial charge in [-0.25, -0.2) is 12.8 Å². The van der Waals surface area contributed by atoms with Crippen molar-refractivity contribution in [3.63, 3.8) is 0 Å². The Morgan fingerprint density at radius 2 is 1.62 bits per heavy atom. The van der Waals surface area contributed by atoms with Crippen molar-refractivity contribution in [2.24, 2.45) is 0 Å². The summed E-state index contributed by atoms with van der Waals surface area (Å²) in [7, 11) is -3.94. The first-order chi connectivity index (χ1) is 19.0. The summed E-state index contributed by atoms with van der Waals surface area (Å²) < 4.78 is 39.9. The number of amides is 2. The standard InChI is InChI=1S/C29H32Cl2FN3O4S/c1-3-4-16-33-29(37)27(18-21-8-6-5-7-9-21)34(19-22-10-15-25(30)26(31)17-22)28(36)20-35(40(2,38)39)24-13-11-23(32)12-14-24/h5-15,17,27H,3-4,16,18-20H2,1-2H3,(H,33,37). The summed E-state index contributed by atoms with van der Waals surface area (Å²) in [4.78, 5) is 28.9. The molecule has 0 spiro atoms. The molecule has 0 bridgehead atoms. The second kappa shape index (κ2) is 14.5. The molecular weight excluding hydrogens is 576 g/mol. The highest BCUT2D eigenvalue weighted by Gasteiger charge is 2.33. The summed E-state index contributed by atoms with van der Waals surface area (Å²) in [5.41, 5.74) is 1.55. The number of carbonyl (C=O) groups is 2. The van der Waals surface area contributed by atoms with Crippen molar-refractivity contribution >= 4 is 50.7 Å². The Morgan fingerprint density at radius 3 is 2.23 bits per heavy atom. The van der Waals surface area contributed by atoms with Gasteiger partial charge in [0, 0.05) is 19.5 Å². The van der Waals surface area contributed by atoms with Crippen molar-refractivity contribution in [2.45, 2.75) is 38.8 Å². The van der Waals surface area contributed by atoms with Gasteiger partial charge in [0.2, 0.25) is 21.8 Å². The summed E-state index contributed by atoms with van der Waals surface area (Å²) in [5.74, 6) is -1.53. The SMILES string of the molecule is CCCCNC(=O)C(Cc1ccccc1)N(Cc1ccc(Cl)c(Cl)c1)C(=O)CN(c1ccc(F)cc1)S(C)(=O)=O. The summed E-state index contributed by atoms with van der Waals surface area (Å²) in [6.45, 7) is 1.80. The molecule has 0 aliphatic rings. The fourth-order valence-electron chi connectivity index (χ4n) is 4.12. The number of sulfonamides is 1. The van der Waals surface area contributed by atoms with Crippen molar-refractivity contribution in [3.05, 3.63) is 99.8 Å². The Morgan fingerprint density at radius 1 is 0.950 bits per heavy atom. The van der Waals surface area contributed by atoms with Crippen LogP contribution in [-0.2, 0) is 32.6 Å². The van der Waals surface area contributed by atoms with Gasteiger partial charge >= 0.3 is 0 Å². The summed E-state index contributed by atoms with van der Waals surface area (Å²) in [6.07, 6.45) is 2.79. The van der Waals surface area contributed by atoms with E-state index in [0.29, 0.717) is 17.1 Å². The molecular formula is C29H32Cl2FN3O4S. The minimum atomic E-state index is -3.94. The molecule has 3 aromatic carbocycles. The van der Waals surface area contributed by atoms with E-state index in [1.165, 1.54) is 17.0 Å². The molecule has 0 aromatic heterocycles. The average Bonchev–Trinajstić information content (AvgIpc) is 2.91. The first-order valence-electron chi connectivity index (χ1n) is 12.8. The Labute approximate surface area is 244 Å². The fourth-order valence-corrected chi connectivity index (χ4v) is 5.29. The van der Waals surface area contributed by atoms with Gasteiger partial charge in [-0.1, -0.05) is 72.9 Å². The van der Waals surface area contributed by atoms with Crippen LogP contribution in [0.1, 0.15) is 30.9 Å². The van der Waals surface area contributed by atoms with Crippen LogP contribution in [0.4, 0.5) is 10.1 Å². The van der Waals surface area contributed by atoms with Crippen molar-refractivity contribution in [1.82, 2.24) is 10.2 Å². The maximum atomic E-state index is 14.0. The van der Waals surface area contributed by atoms with Crippen LogP contribution < -0.4 is 9.62 Å². The number of carbonyl (C=O) groups excluding carboxylic acids is 2. The molecule has 0 fully saturated rings. The van der Waals surface area contributed by atoms with Crippen LogP contribution in [0.3, 0.4) is 0 Å². The monoisotopic (exact) mass is 607 g/mol. The van der Waals surface area contributed by atoms with E-state index in [1.54, 1.807) is 18.2 Å². The van der Waals surface area contributed by atoms with E-state index < -0.39 is 34.3 Å². The van der Waals surface area contributed by atoms with Crippen LogP contribution in [0.15, 0.2) is 72.8 Å². The predicted octanol–water partition coefficient (Wildman–Crippen LogP) is 5.45. The Balaban J connectivity index is 2.04. The van der Waals surface area contributed by atoms with Crippen LogP contribution in [0, 0.1) is 5.82 Å². The third-order valence-electron chi connectivity index (χ3n) is 6.23. The first kappa shape index (κ1) is 31.4. The number of benzene rings is 3. The number of nitrogens with zero attached hydrogens (tertiary/aromatic N) is 2. The number of hydrogen-bond acceptors (Lipinski definition) is 4. The van der Waals surface area contributed by atoms with Crippen LogP contribution in [0.2, 0.25) is 10.0 Å². The fraction of sp³-hybridized carbons (Fsp3) is 0.310. The molecule has 0 radical (unpaired) electrons. The first-order valence-corrected chi connectivity index (χ1v) is 15.4. The normalized spacial score (nSPS) is 12.0. The van der Waals surface area contributed by atoms with Gasteiger partial charge in [0.15, 0.2) is 0 Å². The largest absolute Gasteiger partial charge is 0.354 e. The van der Waals surface area contributed by atoms with Crippen molar-refractivity contribution < 1.29 is 22.4 Å². The van der Waals surface area contributed by atoms with E-state index in [0.717, 1.165) is 41.1 Å². The molecule has 0 saturated carbocycles. The second-order valence-electron chi connectivity index (χ2n) is 9.37. The second-order valence-corrected chi connectivity index (χ2v) is 12.1. The van der Waals surface area contributed by atoms with Gasteiger partial charge in [0.1, 0.15) is 18.4 Å². The third-order valence-corrected chi connectivity index (χ3v) is 8.11. The van der Waals surface area contributed by atoms with Crippen molar-refractivity contribution in [2.75, 3.05) is 23.7 Å². The van der Waals surface area contributed by atoms with Gasteiger partial charge in [-0.05, 0) is 53.9 Å². The molecule has 1 atom stereocenters. The highest BCUT2D eigenvalue weighted by Crippen LogP contribution is 2.25. The lowest BCUT2D eigenvalue weighted by molar-refractivity contribution is -0.140. The van der Waals surface area contributed by atoms with E-state index in [-0.39, 0.29) is 29.6 Å². The van der Waals surface area contributed by atoms with Crippen LogP contribution in [0.5, 0.6) is 0 Å². The summed E-state index contributed by atoms with van der Waals surface area (Å²) in [5, 5.41) is 3.53. The third kappa shape index (κ3) is 8.94. The van der Waals surface area contributed by atoms with E-state index in [2.05, 4.69) is 5.32 Å². The molecule has 40 heavy (non-hydrogen) atoms. The average molecular weight is 609 g/mol. The molecule has 7 nitrogen and oxygen atoms in total. The molecule has 1 unspecified atom stereocenters. The van der Waals surface area contributed by atoms with E-state index in [1.807, 2.05) is 37.3 Å². The quantitative estimate of drug-likeness (QED) is 0.262. The lowest BCUT2D eigenvalue weighted by atomic mass is 10.0. The molecule has 2 amide bonds. The smallest absolute Gasteiger partial charge is 0.244 e. The minimum absolute atomic E-state index is 0.0323. The van der Waals surface area contributed by atoms with Crippen molar-refractivity contribution in [3.8, 4) is 0 Å². The predicted molar refractivity (Wildman–Crippen MR) is 157 cm³/mol. The molecule has 0 saturated heterocycles. The Hall–Kier alpha value is -3.14. The van der Waals surface area contributed by atoms with Crippen LogP contribution >= 0.6 is 23.2 Å². The number of nitrogens with one attached hydrogen (secondary N) is 1. The number of hydrogen-bond donors (Lipinski definition) is 1. The highest BCUT2D eigenvalue weighted by molar-refractivity contribution is 7.92. The minimum Gasteiger partial charge on any atom is -0.354 e. The highest BCUT2D eigenvalue weighted by atomic mass is 35.5. The lowest BCUT2D eigenvalue weighted by Crippen LogP contribution is -2.53. The number of halogens is 3. The number of anilines is 1. The topological polar surface area (TPSA) is 86.8 Å². The van der Waals surface area contributed by atoms with Gasteiger partial charge in [0.05, 0.1) is 22.0 Å².